The van der Waals surface area contributed by atoms with Gasteiger partial charge in [0, 0.05) is 18.8 Å². The molecule has 18 heavy (non-hydrogen) atoms. The van der Waals surface area contributed by atoms with Crippen molar-refractivity contribution < 1.29 is 5.21 Å². The van der Waals surface area contributed by atoms with Crippen molar-refractivity contribution in [2.45, 2.75) is 39.3 Å². The van der Waals surface area contributed by atoms with Gasteiger partial charge in [-0.1, -0.05) is 25.1 Å². The van der Waals surface area contributed by atoms with Crippen molar-refractivity contribution >= 4 is 5.84 Å². The molecule has 0 bridgehead atoms. The van der Waals surface area contributed by atoms with Crippen molar-refractivity contribution in [2.24, 2.45) is 10.9 Å². The van der Waals surface area contributed by atoms with Crippen molar-refractivity contribution in [3.63, 3.8) is 0 Å². The van der Waals surface area contributed by atoms with E-state index in [2.05, 4.69) is 35.9 Å². The molecule has 0 unspecified atom stereocenters. The smallest absolute Gasteiger partial charge is 0.189 e. The van der Waals surface area contributed by atoms with Gasteiger partial charge in [-0.3, -0.25) is 9.88 Å². The first-order chi connectivity index (χ1) is 8.63. The summed E-state index contributed by atoms with van der Waals surface area (Å²) in [5, 5.41) is 11.8. The number of hydrogen-bond donors (Lipinski definition) is 2. The van der Waals surface area contributed by atoms with Crippen LogP contribution < -0.4 is 5.73 Å². The molecule has 0 spiro atoms. The standard InChI is InChI=1S/C13H22N4O/c1-4-11(5-2)17(3)9-10-7-6-8-15-12(10)13(14)16-18/h6-8,11,18H,4-5,9H2,1-3H3,(H2,14,16). The van der Waals surface area contributed by atoms with Gasteiger partial charge in [-0.25, -0.2) is 0 Å². The van der Waals surface area contributed by atoms with E-state index >= 15 is 0 Å². The van der Waals surface area contributed by atoms with Crippen molar-refractivity contribution in [2.75, 3.05) is 7.05 Å². The van der Waals surface area contributed by atoms with Crippen LogP contribution >= 0.6 is 0 Å². The predicted molar refractivity (Wildman–Crippen MR) is 72.6 cm³/mol. The second-order valence-corrected chi connectivity index (χ2v) is 4.38. The Morgan fingerprint density at radius 1 is 1.50 bits per heavy atom. The summed E-state index contributed by atoms with van der Waals surface area (Å²) in [6, 6.07) is 4.36. The lowest BCUT2D eigenvalue weighted by atomic mass is 10.1. The molecule has 1 aromatic heterocycles. The van der Waals surface area contributed by atoms with E-state index in [1.165, 1.54) is 0 Å². The van der Waals surface area contributed by atoms with E-state index in [0.717, 1.165) is 24.9 Å². The van der Waals surface area contributed by atoms with Gasteiger partial charge in [0.25, 0.3) is 0 Å². The number of aromatic nitrogens is 1. The van der Waals surface area contributed by atoms with Gasteiger partial charge in [-0.2, -0.15) is 0 Å². The first-order valence-electron chi connectivity index (χ1n) is 6.26. The zero-order valence-corrected chi connectivity index (χ0v) is 11.3. The van der Waals surface area contributed by atoms with Gasteiger partial charge in [-0.05, 0) is 31.5 Å². The highest BCUT2D eigenvalue weighted by Gasteiger charge is 2.14. The average molecular weight is 250 g/mol. The molecule has 1 rings (SSSR count). The number of nitrogens with two attached hydrogens (primary N) is 1. The molecule has 0 saturated carbocycles. The summed E-state index contributed by atoms with van der Waals surface area (Å²) in [5.41, 5.74) is 7.16. The van der Waals surface area contributed by atoms with E-state index in [1.807, 2.05) is 12.1 Å². The monoisotopic (exact) mass is 250 g/mol. The van der Waals surface area contributed by atoms with E-state index in [-0.39, 0.29) is 5.84 Å². The quantitative estimate of drug-likeness (QED) is 0.349. The molecule has 0 aliphatic rings. The van der Waals surface area contributed by atoms with Crippen LogP contribution in [-0.4, -0.2) is 34.0 Å². The fourth-order valence-electron chi connectivity index (χ4n) is 2.15. The summed E-state index contributed by atoms with van der Waals surface area (Å²) in [5.74, 6) is 0.0588. The lowest BCUT2D eigenvalue weighted by Gasteiger charge is -2.26. The van der Waals surface area contributed by atoms with Crippen LogP contribution in [0, 0.1) is 0 Å². The molecule has 5 heteroatoms. The van der Waals surface area contributed by atoms with E-state index < -0.39 is 0 Å². The highest BCUT2D eigenvalue weighted by atomic mass is 16.4. The predicted octanol–water partition coefficient (Wildman–Crippen LogP) is 1.80. The fourth-order valence-corrected chi connectivity index (χ4v) is 2.15. The maximum Gasteiger partial charge on any atom is 0.189 e. The van der Waals surface area contributed by atoms with Crippen molar-refractivity contribution in [1.29, 1.82) is 0 Å². The third-order valence-electron chi connectivity index (χ3n) is 3.23. The summed E-state index contributed by atoms with van der Waals surface area (Å²) in [4.78, 5) is 6.44. The third-order valence-corrected chi connectivity index (χ3v) is 3.23. The van der Waals surface area contributed by atoms with E-state index in [9.17, 15) is 0 Å². The maximum atomic E-state index is 8.76. The van der Waals surface area contributed by atoms with Crippen molar-refractivity contribution in [3.05, 3.63) is 29.6 Å². The lowest BCUT2D eigenvalue weighted by molar-refractivity contribution is 0.221. The van der Waals surface area contributed by atoms with Gasteiger partial charge in [-0.15, -0.1) is 0 Å². The Hall–Kier alpha value is -1.62. The molecule has 0 saturated heterocycles. The van der Waals surface area contributed by atoms with Crippen LogP contribution in [0.2, 0.25) is 0 Å². The highest BCUT2D eigenvalue weighted by Crippen LogP contribution is 2.13. The van der Waals surface area contributed by atoms with Crippen LogP contribution in [0.25, 0.3) is 0 Å². The number of nitrogens with zero attached hydrogens (tertiary/aromatic N) is 3. The number of hydrogen-bond acceptors (Lipinski definition) is 4. The van der Waals surface area contributed by atoms with E-state index in [0.29, 0.717) is 11.7 Å². The summed E-state index contributed by atoms with van der Waals surface area (Å²) in [7, 11) is 2.08. The molecular weight excluding hydrogens is 228 g/mol. The number of amidine groups is 1. The second kappa shape index (κ2) is 6.96. The molecule has 0 radical (unpaired) electrons. The third kappa shape index (κ3) is 3.43. The van der Waals surface area contributed by atoms with Gasteiger partial charge in [0.15, 0.2) is 5.84 Å². The highest BCUT2D eigenvalue weighted by molar-refractivity contribution is 5.96. The molecule has 0 atom stereocenters. The first-order valence-corrected chi connectivity index (χ1v) is 6.26. The molecule has 100 valence electrons. The Morgan fingerprint density at radius 2 is 2.17 bits per heavy atom. The Balaban J connectivity index is 2.90. The van der Waals surface area contributed by atoms with Crippen LogP contribution in [-0.2, 0) is 6.54 Å². The van der Waals surface area contributed by atoms with E-state index in [4.69, 9.17) is 10.9 Å². The van der Waals surface area contributed by atoms with Crippen LogP contribution in [0.3, 0.4) is 0 Å². The zero-order chi connectivity index (χ0) is 13.5. The Labute approximate surface area is 108 Å². The topological polar surface area (TPSA) is 74.7 Å². The zero-order valence-electron chi connectivity index (χ0n) is 11.3. The van der Waals surface area contributed by atoms with Crippen LogP contribution in [0.15, 0.2) is 23.5 Å². The Kier molecular flexibility index (Phi) is 5.58. The second-order valence-electron chi connectivity index (χ2n) is 4.38. The summed E-state index contributed by atoms with van der Waals surface area (Å²) >= 11 is 0. The first kappa shape index (κ1) is 14.4. The largest absolute Gasteiger partial charge is 0.409 e. The van der Waals surface area contributed by atoms with Gasteiger partial charge in [0.05, 0.1) is 0 Å². The Bertz CT molecular complexity index is 402. The summed E-state index contributed by atoms with van der Waals surface area (Å²) in [6.45, 7) is 5.10. The van der Waals surface area contributed by atoms with Crippen molar-refractivity contribution in [1.82, 2.24) is 9.88 Å². The molecule has 0 aromatic carbocycles. The molecule has 1 heterocycles. The average Bonchev–Trinajstić information content (AvgIpc) is 2.40. The van der Waals surface area contributed by atoms with Crippen LogP contribution in [0.4, 0.5) is 0 Å². The molecular formula is C13H22N4O. The molecule has 1 aromatic rings. The number of pyridine rings is 1. The molecule has 0 aliphatic heterocycles. The molecule has 3 N–H and O–H groups in total. The van der Waals surface area contributed by atoms with Crippen LogP contribution in [0.1, 0.15) is 37.9 Å². The Morgan fingerprint density at radius 3 is 2.72 bits per heavy atom. The minimum atomic E-state index is 0.0588. The normalized spacial score (nSPS) is 12.4. The number of rotatable bonds is 6. The van der Waals surface area contributed by atoms with Gasteiger partial charge < -0.3 is 10.9 Å². The van der Waals surface area contributed by atoms with Gasteiger partial charge >= 0.3 is 0 Å². The van der Waals surface area contributed by atoms with E-state index in [1.54, 1.807) is 6.20 Å². The minimum absolute atomic E-state index is 0.0588. The van der Waals surface area contributed by atoms with Gasteiger partial charge in [0.2, 0.25) is 0 Å². The van der Waals surface area contributed by atoms with Crippen molar-refractivity contribution in [3.8, 4) is 0 Å². The van der Waals surface area contributed by atoms with Gasteiger partial charge in [0.1, 0.15) is 5.69 Å². The molecule has 5 nitrogen and oxygen atoms in total. The lowest BCUT2D eigenvalue weighted by Crippen LogP contribution is -2.31. The number of oxime groups is 1. The van der Waals surface area contributed by atoms with Crippen LogP contribution in [0.5, 0.6) is 0 Å². The maximum absolute atomic E-state index is 8.76. The summed E-state index contributed by atoms with van der Waals surface area (Å²) < 4.78 is 0. The SMILES string of the molecule is CCC(CC)N(C)Cc1cccnc1C(N)=NO. The minimum Gasteiger partial charge on any atom is -0.409 e. The molecule has 0 amide bonds. The summed E-state index contributed by atoms with van der Waals surface area (Å²) in [6.07, 6.45) is 3.85. The molecule has 0 aliphatic carbocycles. The fraction of sp³-hybridized carbons (Fsp3) is 0.538. The molecule has 0 fully saturated rings.